The molecule has 0 aliphatic carbocycles. The molecule has 0 bridgehead atoms. The Morgan fingerprint density at radius 2 is 2.00 bits per heavy atom. The molecule has 2 rings (SSSR count). The van der Waals surface area contributed by atoms with Gasteiger partial charge in [-0.1, -0.05) is 24.3 Å². The summed E-state index contributed by atoms with van der Waals surface area (Å²) in [7, 11) is 1.67. The third-order valence-electron chi connectivity index (χ3n) is 3.63. The number of rotatable bonds is 7. The number of benzene rings is 1. The maximum absolute atomic E-state index is 11.8. The zero-order valence-corrected chi connectivity index (χ0v) is 12.6. The molecule has 0 saturated carbocycles. The van der Waals surface area contributed by atoms with Crippen LogP contribution in [0.25, 0.3) is 0 Å². The molecule has 0 unspecified atom stereocenters. The van der Waals surface area contributed by atoms with Crippen molar-refractivity contribution in [3.05, 3.63) is 35.4 Å². The largest absolute Gasteiger partial charge is 0.380 e. The molecule has 2 N–H and O–H groups in total. The van der Waals surface area contributed by atoms with E-state index in [-0.39, 0.29) is 18.6 Å². The number of carbonyl (C=O) groups is 1. The monoisotopic (exact) mass is 292 g/mol. The van der Waals surface area contributed by atoms with Crippen molar-refractivity contribution in [2.75, 3.05) is 26.8 Å². The third-order valence-corrected chi connectivity index (χ3v) is 3.63. The molecular formula is C16H24N2O3. The number of hydrogen-bond acceptors (Lipinski definition) is 4. The summed E-state index contributed by atoms with van der Waals surface area (Å²) in [5.41, 5.74) is 2.18. The maximum atomic E-state index is 11.8. The van der Waals surface area contributed by atoms with Crippen molar-refractivity contribution >= 4 is 5.91 Å². The lowest BCUT2D eigenvalue weighted by Gasteiger charge is -2.22. The fourth-order valence-electron chi connectivity index (χ4n) is 2.43. The highest BCUT2D eigenvalue weighted by Gasteiger charge is 2.14. The molecule has 1 aromatic rings. The Bertz CT molecular complexity index is 445. The van der Waals surface area contributed by atoms with Gasteiger partial charge in [0, 0.05) is 13.7 Å². The van der Waals surface area contributed by atoms with Gasteiger partial charge in [0.25, 0.3) is 0 Å². The number of ether oxygens (including phenoxy) is 2. The summed E-state index contributed by atoms with van der Waals surface area (Å²) in [4.78, 5) is 11.8. The molecule has 1 aromatic carbocycles. The molecule has 5 nitrogen and oxygen atoms in total. The van der Waals surface area contributed by atoms with E-state index in [2.05, 4.69) is 10.6 Å². The molecule has 0 aromatic heterocycles. The van der Waals surface area contributed by atoms with Gasteiger partial charge in [0.05, 0.1) is 12.7 Å². The third kappa shape index (κ3) is 5.46. The van der Waals surface area contributed by atoms with Crippen LogP contribution < -0.4 is 10.6 Å². The summed E-state index contributed by atoms with van der Waals surface area (Å²) >= 11 is 0. The van der Waals surface area contributed by atoms with E-state index < -0.39 is 0 Å². The Balaban J connectivity index is 1.73. The molecule has 1 amide bonds. The van der Waals surface area contributed by atoms with Gasteiger partial charge in [-0.15, -0.1) is 0 Å². The van der Waals surface area contributed by atoms with Crippen molar-refractivity contribution in [1.82, 2.24) is 10.6 Å². The normalized spacial score (nSPS) is 15.9. The van der Waals surface area contributed by atoms with E-state index in [1.54, 1.807) is 7.11 Å². The standard InChI is InChI=1S/C16H24N2O3/c1-20-11-14-5-3-2-4-13(14)10-18-16(19)12-21-15-6-8-17-9-7-15/h2-5,15,17H,6-12H2,1H3,(H,18,19). The van der Waals surface area contributed by atoms with Crippen LogP contribution in [-0.2, 0) is 27.4 Å². The van der Waals surface area contributed by atoms with Crippen molar-refractivity contribution < 1.29 is 14.3 Å². The van der Waals surface area contributed by atoms with Gasteiger partial charge >= 0.3 is 0 Å². The molecule has 116 valence electrons. The van der Waals surface area contributed by atoms with Gasteiger partial charge in [0.1, 0.15) is 6.61 Å². The first-order chi connectivity index (χ1) is 10.3. The van der Waals surface area contributed by atoms with Gasteiger partial charge in [-0.2, -0.15) is 0 Å². The van der Waals surface area contributed by atoms with Crippen LogP contribution in [0.5, 0.6) is 0 Å². The lowest BCUT2D eigenvalue weighted by atomic mass is 10.1. The van der Waals surface area contributed by atoms with E-state index in [4.69, 9.17) is 9.47 Å². The topological polar surface area (TPSA) is 59.6 Å². The van der Waals surface area contributed by atoms with Crippen molar-refractivity contribution in [2.24, 2.45) is 0 Å². The number of nitrogens with one attached hydrogen (secondary N) is 2. The quantitative estimate of drug-likeness (QED) is 0.793. The molecular weight excluding hydrogens is 268 g/mol. The fourth-order valence-corrected chi connectivity index (χ4v) is 2.43. The molecule has 0 atom stereocenters. The van der Waals surface area contributed by atoms with E-state index in [1.165, 1.54) is 0 Å². The second-order valence-corrected chi connectivity index (χ2v) is 5.24. The average molecular weight is 292 g/mol. The highest BCUT2D eigenvalue weighted by molar-refractivity contribution is 5.77. The minimum atomic E-state index is -0.0687. The number of methoxy groups -OCH3 is 1. The summed E-state index contributed by atoms with van der Waals surface area (Å²) in [6.45, 7) is 3.13. The van der Waals surface area contributed by atoms with Crippen LogP contribution in [0.4, 0.5) is 0 Å². The molecule has 1 fully saturated rings. The molecule has 1 heterocycles. The zero-order chi connectivity index (χ0) is 14.9. The number of carbonyl (C=O) groups excluding carboxylic acids is 1. The SMILES string of the molecule is COCc1ccccc1CNC(=O)COC1CCNCC1. The van der Waals surface area contributed by atoms with E-state index in [0.29, 0.717) is 13.2 Å². The lowest BCUT2D eigenvalue weighted by molar-refractivity contribution is -0.128. The van der Waals surface area contributed by atoms with Gasteiger partial charge in [0.15, 0.2) is 0 Å². The molecule has 1 saturated heterocycles. The number of piperidine rings is 1. The van der Waals surface area contributed by atoms with E-state index in [1.807, 2.05) is 24.3 Å². The number of hydrogen-bond donors (Lipinski definition) is 2. The maximum Gasteiger partial charge on any atom is 0.246 e. The summed E-state index contributed by atoms with van der Waals surface area (Å²) < 4.78 is 10.8. The fraction of sp³-hybridized carbons (Fsp3) is 0.562. The average Bonchev–Trinajstić information content (AvgIpc) is 2.53. The first-order valence-corrected chi connectivity index (χ1v) is 7.44. The second-order valence-electron chi connectivity index (χ2n) is 5.24. The first kappa shape index (κ1) is 15.9. The van der Waals surface area contributed by atoms with E-state index >= 15 is 0 Å². The summed E-state index contributed by atoms with van der Waals surface area (Å²) in [5, 5.41) is 6.18. The Kier molecular flexibility index (Phi) is 6.66. The Labute approximate surface area is 126 Å². The lowest BCUT2D eigenvalue weighted by Crippen LogP contribution is -2.35. The smallest absolute Gasteiger partial charge is 0.246 e. The number of amides is 1. The molecule has 5 heteroatoms. The van der Waals surface area contributed by atoms with Crippen molar-refractivity contribution in [3.63, 3.8) is 0 Å². The minimum Gasteiger partial charge on any atom is -0.380 e. The van der Waals surface area contributed by atoms with Crippen LogP contribution in [0.1, 0.15) is 24.0 Å². The van der Waals surface area contributed by atoms with Gasteiger partial charge in [0.2, 0.25) is 5.91 Å². The van der Waals surface area contributed by atoms with Crippen LogP contribution in [0, 0.1) is 0 Å². The van der Waals surface area contributed by atoms with E-state index in [0.717, 1.165) is 37.1 Å². The highest BCUT2D eigenvalue weighted by atomic mass is 16.5. The summed E-state index contributed by atoms with van der Waals surface area (Å²) in [6.07, 6.45) is 2.16. The first-order valence-electron chi connectivity index (χ1n) is 7.44. The van der Waals surface area contributed by atoms with Gasteiger partial charge < -0.3 is 20.1 Å². The summed E-state index contributed by atoms with van der Waals surface area (Å²) in [5.74, 6) is -0.0687. The van der Waals surface area contributed by atoms with Crippen LogP contribution in [0.3, 0.4) is 0 Å². The Hall–Kier alpha value is -1.43. The van der Waals surface area contributed by atoms with Crippen molar-refractivity contribution in [1.29, 1.82) is 0 Å². The minimum absolute atomic E-state index is 0.0687. The van der Waals surface area contributed by atoms with Crippen LogP contribution in [-0.4, -0.2) is 38.8 Å². The van der Waals surface area contributed by atoms with Crippen LogP contribution in [0.2, 0.25) is 0 Å². The molecule has 1 aliphatic rings. The van der Waals surface area contributed by atoms with Gasteiger partial charge in [-0.05, 0) is 37.1 Å². The Morgan fingerprint density at radius 1 is 1.29 bits per heavy atom. The molecule has 1 aliphatic heterocycles. The van der Waals surface area contributed by atoms with Crippen LogP contribution in [0.15, 0.2) is 24.3 Å². The second kappa shape index (κ2) is 8.77. The Morgan fingerprint density at radius 3 is 2.71 bits per heavy atom. The van der Waals surface area contributed by atoms with Crippen LogP contribution >= 0.6 is 0 Å². The predicted molar refractivity (Wildman–Crippen MR) is 80.8 cm³/mol. The summed E-state index contributed by atoms with van der Waals surface area (Å²) in [6, 6.07) is 7.95. The molecule has 0 spiro atoms. The zero-order valence-electron chi connectivity index (χ0n) is 12.6. The highest BCUT2D eigenvalue weighted by Crippen LogP contribution is 2.10. The van der Waals surface area contributed by atoms with Crippen molar-refractivity contribution in [3.8, 4) is 0 Å². The molecule has 0 radical (unpaired) electrons. The van der Waals surface area contributed by atoms with E-state index in [9.17, 15) is 4.79 Å². The van der Waals surface area contributed by atoms with Gasteiger partial charge in [-0.3, -0.25) is 4.79 Å². The van der Waals surface area contributed by atoms with Crippen molar-refractivity contribution in [2.45, 2.75) is 32.1 Å². The van der Waals surface area contributed by atoms with Gasteiger partial charge in [-0.25, -0.2) is 0 Å². The molecule has 21 heavy (non-hydrogen) atoms. The predicted octanol–water partition coefficient (Wildman–Crippen LogP) is 1.22.